The van der Waals surface area contributed by atoms with E-state index >= 15 is 0 Å². The van der Waals surface area contributed by atoms with Crippen LogP contribution in [0.4, 0.5) is 4.39 Å². The number of aryl methyl sites for hydroxylation is 2. The lowest BCUT2D eigenvalue weighted by Crippen LogP contribution is -2.17. The van der Waals surface area contributed by atoms with Crippen LogP contribution in [-0.2, 0) is 12.6 Å². The summed E-state index contributed by atoms with van der Waals surface area (Å²) in [4.78, 5) is 12.9. The van der Waals surface area contributed by atoms with E-state index in [0.29, 0.717) is 45.0 Å². The Bertz CT molecular complexity index is 1610. The van der Waals surface area contributed by atoms with E-state index in [4.69, 9.17) is 13.6 Å². The summed E-state index contributed by atoms with van der Waals surface area (Å²) in [5, 5.41) is 18.8. The van der Waals surface area contributed by atoms with Crippen molar-refractivity contribution in [3.8, 4) is 34.3 Å². The monoisotopic (exact) mass is 475 g/mol. The molecule has 0 atom stereocenters. The predicted molar refractivity (Wildman–Crippen MR) is 127 cm³/mol. The summed E-state index contributed by atoms with van der Waals surface area (Å²) in [6.45, 7) is 5.00. The molecule has 0 saturated heterocycles. The van der Waals surface area contributed by atoms with Crippen LogP contribution in [0.25, 0.3) is 33.7 Å². The molecule has 8 nitrogen and oxygen atoms in total. The fourth-order valence-electron chi connectivity index (χ4n) is 3.78. The minimum Gasteiger partial charge on any atom is -0.457 e. The third kappa shape index (κ3) is 4.22. The number of hydrogen-bond acceptors (Lipinski definition) is 7. The number of pyridine rings is 1. The van der Waals surface area contributed by atoms with Crippen molar-refractivity contribution in [2.45, 2.75) is 26.4 Å². The first kappa shape index (κ1) is 22.5. The standard InChI is InChI=1S/C26H22FN3O5/c1-14-28-29-24(33-14)22-12-19-23(35-22)20(13-30(4)25(19)31)18-11-15(26(2,3)32)5-10-21(18)34-17-8-6-16(27)7-9-17/h5-13,32H,1-4H3. The SMILES string of the molecule is Cc1nnc(-c2cc3c(=O)n(C)cc(-c4cc(C(C)(C)O)ccc4Oc4ccc(F)cc4)c3o2)o1. The maximum atomic E-state index is 13.4. The van der Waals surface area contributed by atoms with Crippen LogP contribution in [0.3, 0.4) is 0 Å². The van der Waals surface area contributed by atoms with Gasteiger partial charge in [-0.05, 0) is 55.8 Å². The first-order chi connectivity index (χ1) is 16.6. The summed E-state index contributed by atoms with van der Waals surface area (Å²) in [6.07, 6.45) is 1.64. The number of hydrogen-bond donors (Lipinski definition) is 1. The van der Waals surface area contributed by atoms with Gasteiger partial charge in [-0.3, -0.25) is 4.79 Å². The van der Waals surface area contributed by atoms with Crippen LogP contribution in [0.1, 0.15) is 25.3 Å². The molecule has 0 spiro atoms. The van der Waals surface area contributed by atoms with E-state index in [-0.39, 0.29) is 23.0 Å². The van der Waals surface area contributed by atoms with E-state index in [1.54, 1.807) is 58.3 Å². The molecule has 178 valence electrons. The number of halogens is 1. The number of ether oxygens (including phenoxy) is 1. The Labute approximate surface area is 199 Å². The number of rotatable bonds is 5. The maximum absolute atomic E-state index is 13.4. The molecule has 3 heterocycles. The van der Waals surface area contributed by atoms with Crippen molar-refractivity contribution >= 4 is 11.0 Å². The van der Waals surface area contributed by atoms with Gasteiger partial charge in [0.1, 0.15) is 22.9 Å². The van der Waals surface area contributed by atoms with Crippen molar-refractivity contribution in [2.24, 2.45) is 7.05 Å². The molecule has 35 heavy (non-hydrogen) atoms. The van der Waals surface area contributed by atoms with Crippen LogP contribution in [0.5, 0.6) is 11.5 Å². The Morgan fingerprint density at radius 3 is 2.43 bits per heavy atom. The van der Waals surface area contributed by atoms with Crippen LogP contribution >= 0.6 is 0 Å². The summed E-state index contributed by atoms with van der Waals surface area (Å²) in [5.41, 5.74) is 0.633. The number of benzene rings is 2. The molecule has 0 saturated carbocycles. The Balaban J connectivity index is 1.75. The van der Waals surface area contributed by atoms with Crippen molar-refractivity contribution in [3.63, 3.8) is 0 Å². The van der Waals surface area contributed by atoms with Crippen LogP contribution in [0.2, 0.25) is 0 Å². The molecule has 9 heteroatoms. The second kappa shape index (κ2) is 8.21. The van der Waals surface area contributed by atoms with Gasteiger partial charge >= 0.3 is 0 Å². The minimum atomic E-state index is -1.14. The van der Waals surface area contributed by atoms with Gasteiger partial charge in [-0.2, -0.15) is 0 Å². The molecule has 0 aliphatic heterocycles. The zero-order chi connectivity index (χ0) is 24.9. The van der Waals surface area contributed by atoms with Gasteiger partial charge in [0, 0.05) is 37.4 Å². The first-order valence-corrected chi connectivity index (χ1v) is 10.8. The highest BCUT2D eigenvalue weighted by Crippen LogP contribution is 2.40. The summed E-state index contributed by atoms with van der Waals surface area (Å²) in [5.74, 6) is 1.24. The number of nitrogens with zero attached hydrogens (tertiary/aromatic N) is 3. The molecule has 0 bridgehead atoms. The Kier molecular flexibility index (Phi) is 5.29. The molecule has 5 aromatic rings. The van der Waals surface area contributed by atoms with Gasteiger partial charge in [0.15, 0.2) is 5.76 Å². The highest BCUT2D eigenvalue weighted by atomic mass is 19.1. The zero-order valence-electron chi connectivity index (χ0n) is 19.5. The van der Waals surface area contributed by atoms with Gasteiger partial charge in [-0.1, -0.05) is 6.07 Å². The predicted octanol–water partition coefficient (Wildman–Crippen LogP) is 5.32. The van der Waals surface area contributed by atoms with Crippen LogP contribution in [0.15, 0.2) is 68.4 Å². The molecule has 0 fully saturated rings. The second-order valence-corrected chi connectivity index (χ2v) is 8.76. The van der Waals surface area contributed by atoms with Crippen LogP contribution in [-0.4, -0.2) is 19.9 Å². The number of aromatic nitrogens is 3. The van der Waals surface area contributed by atoms with Crippen molar-refractivity contribution in [3.05, 3.63) is 82.4 Å². The number of aliphatic hydroxyl groups is 1. The zero-order valence-corrected chi connectivity index (χ0v) is 19.5. The minimum absolute atomic E-state index is 0.153. The van der Waals surface area contributed by atoms with Crippen LogP contribution < -0.4 is 10.3 Å². The topological polar surface area (TPSA) is 104 Å². The molecular formula is C26H22FN3O5. The van der Waals surface area contributed by atoms with Crippen molar-refractivity contribution < 1.29 is 23.1 Å². The van der Waals surface area contributed by atoms with E-state index in [9.17, 15) is 14.3 Å². The van der Waals surface area contributed by atoms with Crippen molar-refractivity contribution in [1.82, 2.24) is 14.8 Å². The summed E-state index contributed by atoms with van der Waals surface area (Å²) >= 11 is 0. The molecule has 0 unspecified atom stereocenters. The number of furan rings is 1. The highest BCUT2D eigenvalue weighted by Gasteiger charge is 2.24. The lowest BCUT2D eigenvalue weighted by atomic mass is 9.93. The third-order valence-corrected chi connectivity index (χ3v) is 5.60. The van der Waals surface area contributed by atoms with Crippen LogP contribution in [0, 0.1) is 12.7 Å². The third-order valence-electron chi connectivity index (χ3n) is 5.60. The summed E-state index contributed by atoms with van der Waals surface area (Å²) in [6, 6.07) is 12.4. The lowest BCUT2D eigenvalue weighted by molar-refractivity contribution is 0.0786. The maximum Gasteiger partial charge on any atom is 0.283 e. The normalized spacial score (nSPS) is 11.8. The molecule has 0 aliphatic carbocycles. The van der Waals surface area contributed by atoms with Gasteiger partial charge < -0.3 is 23.2 Å². The average molecular weight is 475 g/mol. The lowest BCUT2D eigenvalue weighted by Gasteiger charge is -2.21. The van der Waals surface area contributed by atoms with Gasteiger partial charge in [0.05, 0.1) is 11.0 Å². The van der Waals surface area contributed by atoms with E-state index in [0.717, 1.165) is 0 Å². The quantitative estimate of drug-likeness (QED) is 0.367. The summed E-state index contributed by atoms with van der Waals surface area (Å²) in [7, 11) is 1.63. The Morgan fingerprint density at radius 2 is 1.77 bits per heavy atom. The van der Waals surface area contributed by atoms with Gasteiger partial charge in [0.2, 0.25) is 5.89 Å². The van der Waals surface area contributed by atoms with Crippen molar-refractivity contribution in [1.29, 1.82) is 0 Å². The Morgan fingerprint density at radius 1 is 1.03 bits per heavy atom. The van der Waals surface area contributed by atoms with Crippen molar-refractivity contribution in [2.75, 3.05) is 0 Å². The van der Waals surface area contributed by atoms with E-state index in [2.05, 4.69) is 10.2 Å². The van der Waals surface area contributed by atoms with Gasteiger partial charge in [0.25, 0.3) is 11.4 Å². The summed E-state index contributed by atoms with van der Waals surface area (Å²) < 4.78 is 32.5. The van der Waals surface area contributed by atoms with Gasteiger partial charge in [-0.15, -0.1) is 10.2 Å². The molecule has 1 N–H and O–H groups in total. The van der Waals surface area contributed by atoms with Gasteiger partial charge in [-0.25, -0.2) is 4.39 Å². The molecule has 2 aromatic carbocycles. The fraction of sp³-hybridized carbons (Fsp3) is 0.192. The molecular weight excluding hydrogens is 453 g/mol. The first-order valence-electron chi connectivity index (χ1n) is 10.8. The number of fused-ring (bicyclic) bond motifs is 1. The largest absolute Gasteiger partial charge is 0.457 e. The molecule has 5 rings (SSSR count). The average Bonchev–Trinajstić information content (AvgIpc) is 3.44. The van der Waals surface area contributed by atoms with E-state index < -0.39 is 5.60 Å². The molecule has 3 aromatic heterocycles. The fourth-order valence-corrected chi connectivity index (χ4v) is 3.78. The Hall–Kier alpha value is -4.24. The van der Waals surface area contributed by atoms with E-state index in [1.807, 2.05) is 0 Å². The molecule has 0 radical (unpaired) electrons. The van der Waals surface area contributed by atoms with E-state index in [1.165, 1.54) is 28.8 Å². The smallest absolute Gasteiger partial charge is 0.283 e. The highest BCUT2D eigenvalue weighted by molar-refractivity contribution is 5.95. The second-order valence-electron chi connectivity index (χ2n) is 8.76. The molecule has 0 amide bonds. The molecule has 0 aliphatic rings.